The van der Waals surface area contributed by atoms with Gasteiger partial charge in [0.15, 0.2) is 0 Å². The minimum Gasteiger partial charge on any atom is -0.302 e. The molecular weight excluding hydrogens is 222 g/mol. The molecule has 1 unspecified atom stereocenters. The molecule has 1 aromatic rings. The predicted octanol–water partition coefficient (Wildman–Crippen LogP) is 3.13. The van der Waals surface area contributed by atoms with Crippen molar-refractivity contribution in [1.82, 2.24) is 4.90 Å². The molecule has 0 saturated heterocycles. The zero-order valence-corrected chi connectivity index (χ0v) is 9.37. The minimum atomic E-state index is 0.520. The van der Waals surface area contributed by atoms with E-state index in [-0.39, 0.29) is 0 Å². The van der Waals surface area contributed by atoms with Gasteiger partial charge < -0.3 is 4.90 Å². The largest absolute Gasteiger partial charge is 0.302 e. The fourth-order valence-electron chi connectivity index (χ4n) is 0.802. The van der Waals surface area contributed by atoms with Gasteiger partial charge in [0.05, 0.1) is 0 Å². The highest BCUT2D eigenvalue weighted by molar-refractivity contribution is 9.10. The summed E-state index contributed by atoms with van der Waals surface area (Å²) in [6, 6.07) is 2.70. The van der Waals surface area contributed by atoms with Crippen molar-refractivity contribution in [2.45, 2.75) is 13.0 Å². The Morgan fingerprint density at radius 2 is 2.18 bits per heavy atom. The van der Waals surface area contributed by atoms with E-state index in [4.69, 9.17) is 0 Å². The summed E-state index contributed by atoms with van der Waals surface area (Å²) in [6.45, 7) is 2.21. The van der Waals surface area contributed by atoms with Crippen molar-refractivity contribution in [3.05, 3.63) is 20.8 Å². The van der Waals surface area contributed by atoms with Gasteiger partial charge in [-0.15, -0.1) is 11.3 Å². The highest BCUT2D eigenvalue weighted by Gasteiger charge is 2.08. The normalized spacial score (nSPS) is 13.9. The van der Waals surface area contributed by atoms with Gasteiger partial charge in [0, 0.05) is 20.8 Å². The van der Waals surface area contributed by atoms with Gasteiger partial charge in [-0.2, -0.15) is 0 Å². The quantitative estimate of drug-likeness (QED) is 0.759. The number of rotatable bonds is 2. The summed E-state index contributed by atoms with van der Waals surface area (Å²) in [6.07, 6.45) is 0. The Morgan fingerprint density at radius 3 is 2.55 bits per heavy atom. The third kappa shape index (κ3) is 2.29. The summed E-state index contributed by atoms with van der Waals surface area (Å²) in [5.74, 6) is 0. The van der Waals surface area contributed by atoms with Crippen molar-refractivity contribution in [2.75, 3.05) is 14.1 Å². The zero-order chi connectivity index (χ0) is 8.43. The molecule has 1 atom stereocenters. The Kier molecular flexibility index (Phi) is 3.10. The van der Waals surface area contributed by atoms with E-state index in [0.29, 0.717) is 6.04 Å². The maximum absolute atomic E-state index is 3.44. The number of hydrogen-bond acceptors (Lipinski definition) is 2. The molecule has 0 radical (unpaired) electrons. The lowest BCUT2D eigenvalue weighted by molar-refractivity contribution is 0.325. The van der Waals surface area contributed by atoms with Gasteiger partial charge in [-0.25, -0.2) is 0 Å². The average Bonchev–Trinajstić information content (AvgIpc) is 2.34. The first-order valence-electron chi connectivity index (χ1n) is 3.51. The summed E-state index contributed by atoms with van der Waals surface area (Å²) in [5.41, 5.74) is 0. The maximum atomic E-state index is 3.44. The molecule has 0 aliphatic rings. The van der Waals surface area contributed by atoms with Gasteiger partial charge in [-0.3, -0.25) is 0 Å². The molecular formula is C8H12BrNS. The van der Waals surface area contributed by atoms with Gasteiger partial charge in [-0.05, 0) is 43.0 Å². The summed E-state index contributed by atoms with van der Waals surface area (Å²) < 4.78 is 1.19. The van der Waals surface area contributed by atoms with E-state index in [0.717, 1.165) is 0 Å². The van der Waals surface area contributed by atoms with Crippen LogP contribution in [0.2, 0.25) is 0 Å². The summed E-state index contributed by atoms with van der Waals surface area (Å²) >= 11 is 5.24. The Bertz CT molecular complexity index is 232. The number of hydrogen-bond donors (Lipinski definition) is 0. The van der Waals surface area contributed by atoms with Gasteiger partial charge in [0.25, 0.3) is 0 Å². The molecule has 11 heavy (non-hydrogen) atoms. The zero-order valence-electron chi connectivity index (χ0n) is 6.97. The van der Waals surface area contributed by atoms with Crippen LogP contribution < -0.4 is 0 Å². The lowest BCUT2D eigenvalue weighted by Crippen LogP contribution is -2.15. The van der Waals surface area contributed by atoms with E-state index in [9.17, 15) is 0 Å². The van der Waals surface area contributed by atoms with Gasteiger partial charge >= 0.3 is 0 Å². The topological polar surface area (TPSA) is 3.24 Å². The van der Waals surface area contributed by atoms with Crippen LogP contribution >= 0.6 is 27.3 Å². The molecule has 0 aromatic carbocycles. The van der Waals surface area contributed by atoms with Crippen molar-refractivity contribution in [3.63, 3.8) is 0 Å². The van der Waals surface area contributed by atoms with E-state index >= 15 is 0 Å². The smallest absolute Gasteiger partial charge is 0.0407 e. The number of thiophene rings is 1. The standard InChI is InChI=1S/C8H12BrNS/c1-6(10(2)3)8-4-7(9)5-11-8/h4-6H,1-3H3. The lowest BCUT2D eigenvalue weighted by Gasteiger charge is -2.17. The summed E-state index contributed by atoms with van der Waals surface area (Å²) in [7, 11) is 4.19. The maximum Gasteiger partial charge on any atom is 0.0407 e. The molecule has 1 aromatic heterocycles. The van der Waals surface area contributed by atoms with E-state index in [1.807, 2.05) is 0 Å². The number of nitrogens with zero attached hydrogens (tertiary/aromatic N) is 1. The Balaban J connectivity index is 2.76. The summed E-state index contributed by atoms with van der Waals surface area (Å²) in [4.78, 5) is 3.61. The molecule has 0 N–H and O–H groups in total. The molecule has 1 heterocycles. The Labute approximate surface area is 80.2 Å². The highest BCUT2D eigenvalue weighted by atomic mass is 79.9. The van der Waals surface area contributed by atoms with Crippen LogP contribution in [-0.2, 0) is 0 Å². The van der Waals surface area contributed by atoms with Gasteiger partial charge in [0.1, 0.15) is 0 Å². The minimum absolute atomic E-state index is 0.520. The van der Waals surface area contributed by atoms with Crippen LogP contribution in [0.15, 0.2) is 15.9 Å². The van der Waals surface area contributed by atoms with Crippen LogP contribution in [-0.4, -0.2) is 19.0 Å². The van der Waals surface area contributed by atoms with Gasteiger partial charge in [-0.1, -0.05) is 0 Å². The highest BCUT2D eigenvalue weighted by Crippen LogP contribution is 2.27. The summed E-state index contributed by atoms with van der Waals surface area (Å²) in [5, 5.41) is 2.12. The van der Waals surface area contributed by atoms with E-state index in [2.05, 4.69) is 53.3 Å². The Morgan fingerprint density at radius 1 is 1.55 bits per heavy atom. The van der Waals surface area contributed by atoms with E-state index in [1.165, 1.54) is 9.35 Å². The molecule has 62 valence electrons. The van der Waals surface area contributed by atoms with Crippen molar-refractivity contribution in [3.8, 4) is 0 Å². The van der Waals surface area contributed by atoms with Crippen LogP contribution in [0.1, 0.15) is 17.8 Å². The number of halogens is 1. The lowest BCUT2D eigenvalue weighted by atomic mass is 10.2. The van der Waals surface area contributed by atoms with Crippen LogP contribution in [0.3, 0.4) is 0 Å². The molecule has 3 heteroatoms. The SMILES string of the molecule is CC(c1cc(Br)cs1)N(C)C. The first-order chi connectivity index (χ1) is 5.11. The third-order valence-electron chi connectivity index (χ3n) is 1.77. The molecule has 0 spiro atoms. The molecule has 0 saturated carbocycles. The molecule has 0 aliphatic carbocycles. The van der Waals surface area contributed by atoms with Crippen molar-refractivity contribution in [1.29, 1.82) is 0 Å². The molecule has 1 nitrogen and oxygen atoms in total. The van der Waals surface area contributed by atoms with Crippen LogP contribution in [0.4, 0.5) is 0 Å². The van der Waals surface area contributed by atoms with Crippen molar-refractivity contribution < 1.29 is 0 Å². The fraction of sp³-hybridized carbons (Fsp3) is 0.500. The Hall–Kier alpha value is 0.140. The molecule has 1 rings (SSSR count). The molecule has 0 aliphatic heterocycles. The van der Waals surface area contributed by atoms with Gasteiger partial charge in [0.2, 0.25) is 0 Å². The molecule has 0 fully saturated rings. The fourth-order valence-corrected chi connectivity index (χ4v) is 2.40. The first-order valence-corrected chi connectivity index (χ1v) is 5.19. The second kappa shape index (κ2) is 3.70. The second-order valence-electron chi connectivity index (χ2n) is 2.81. The van der Waals surface area contributed by atoms with Crippen LogP contribution in [0, 0.1) is 0 Å². The van der Waals surface area contributed by atoms with E-state index in [1.54, 1.807) is 11.3 Å². The predicted molar refractivity (Wildman–Crippen MR) is 54.1 cm³/mol. The van der Waals surface area contributed by atoms with Crippen LogP contribution in [0.25, 0.3) is 0 Å². The van der Waals surface area contributed by atoms with Crippen molar-refractivity contribution in [2.24, 2.45) is 0 Å². The monoisotopic (exact) mass is 233 g/mol. The molecule has 0 amide bonds. The van der Waals surface area contributed by atoms with E-state index < -0.39 is 0 Å². The average molecular weight is 234 g/mol. The third-order valence-corrected chi connectivity index (χ3v) is 3.64. The van der Waals surface area contributed by atoms with Crippen molar-refractivity contribution >= 4 is 27.3 Å². The van der Waals surface area contributed by atoms with Crippen LogP contribution in [0.5, 0.6) is 0 Å². The first kappa shape index (κ1) is 9.23. The second-order valence-corrected chi connectivity index (χ2v) is 4.67. The molecule has 0 bridgehead atoms.